The van der Waals surface area contributed by atoms with E-state index in [9.17, 15) is 4.79 Å². The van der Waals surface area contributed by atoms with E-state index in [1.54, 1.807) is 0 Å². The molecule has 3 rings (SSSR count). The fraction of sp³-hybridized carbons (Fsp3) is 0.611. The Balaban J connectivity index is 1.52. The number of amides is 1. The molecule has 0 unspecified atom stereocenters. The van der Waals surface area contributed by atoms with Crippen molar-refractivity contribution in [3.8, 4) is 5.75 Å². The lowest BCUT2D eigenvalue weighted by Gasteiger charge is -2.34. The van der Waals surface area contributed by atoms with E-state index in [2.05, 4.69) is 0 Å². The molecular weight excluding hydrogens is 278 g/mol. The zero-order valence-corrected chi connectivity index (χ0v) is 13.3. The Labute approximate surface area is 132 Å². The van der Waals surface area contributed by atoms with Crippen LogP contribution in [0.3, 0.4) is 0 Å². The number of hydrogen-bond acceptors (Lipinski definition) is 3. The van der Waals surface area contributed by atoms with Crippen LogP contribution in [0.2, 0.25) is 0 Å². The van der Waals surface area contributed by atoms with Crippen LogP contribution in [-0.2, 0) is 9.53 Å². The highest BCUT2D eigenvalue weighted by Gasteiger charge is 2.31. The number of morpholine rings is 1. The predicted octanol–water partition coefficient (Wildman–Crippen LogP) is 2.79. The van der Waals surface area contributed by atoms with E-state index in [-0.39, 0.29) is 12.0 Å². The molecule has 22 heavy (non-hydrogen) atoms. The molecule has 1 heterocycles. The smallest absolute Gasteiger partial charge is 0.225 e. The van der Waals surface area contributed by atoms with Crippen molar-refractivity contribution < 1.29 is 14.3 Å². The molecule has 1 aromatic rings. The van der Waals surface area contributed by atoms with Crippen molar-refractivity contribution in [1.29, 1.82) is 0 Å². The normalized spacial score (nSPS) is 22.8. The molecule has 4 heteroatoms. The van der Waals surface area contributed by atoms with Crippen molar-refractivity contribution in [3.05, 3.63) is 29.8 Å². The Hall–Kier alpha value is -1.55. The molecule has 4 nitrogen and oxygen atoms in total. The van der Waals surface area contributed by atoms with Crippen molar-refractivity contribution in [2.75, 3.05) is 26.3 Å². The quantitative estimate of drug-likeness (QED) is 0.858. The molecule has 1 saturated carbocycles. The minimum Gasteiger partial charge on any atom is -0.491 e. The summed E-state index contributed by atoms with van der Waals surface area (Å²) in [7, 11) is 0. The van der Waals surface area contributed by atoms with Crippen molar-refractivity contribution >= 4 is 5.91 Å². The Morgan fingerprint density at radius 1 is 1.32 bits per heavy atom. The summed E-state index contributed by atoms with van der Waals surface area (Å²) in [5.74, 6) is 1.46. The molecular formula is C18H25NO3. The number of carbonyl (C=O) groups excluding carboxylic acids is 1. The fourth-order valence-electron chi connectivity index (χ4n) is 3.35. The third-order valence-corrected chi connectivity index (χ3v) is 4.67. The topological polar surface area (TPSA) is 38.8 Å². The van der Waals surface area contributed by atoms with Crippen molar-refractivity contribution in [1.82, 2.24) is 4.90 Å². The van der Waals surface area contributed by atoms with Crippen LogP contribution in [0, 0.1) is 12.8 Å². The Kier molecular flexibility index (Phi) is 4.98. The first-order valence-corrected chi connectivity index (χ1v) is 8.33. The lowest BCUT2D eigenvalue weighted by molar-refractivity contribution is -0.144. The van der Waals surface area contributed by atoms with Crippen LogP contribution in [0.25, 0.3) is 0 Å². The van der Waals surface area contributed by atoms with Gasteiger partial charge in [-0.1, -0.05) is 31.0 Å². The minimum absolute atomic E-state index is 0.0290. The average Bonchev–Trinajstić information content (AvgIpc) is 3.08. The highest BCUT2D eigenvalue weighted by atomic mass is 16.5. The highest BCUT2D eigenvalue weighted by molar-refractivity contribution is 5.79. The summed E-state index contributed by atoms with van der Waals surface area (Å²) in [5, 5.41) is 0. The Morgan fingerprint density at radius 2 is 2.09 bits per heavy atom. The predicted molar refractivity (Wildman–Crippen MR) is 85.0 cm³/mol. The van der Waals surface area contributed by atoms with Gasteiger partial charge in [0.1, 0.15) is 18.5 Å². The van der Waals surface area contributed by atoms with Gasteiger partial charge in [0, 0.05) is 12.5 Å². The Morgan fingerprint density at radius 3 is 2.86 bits per heavy atom. The van der Waals surface area contributed by atoms with Gasteiger partial charge in [-0.15, -0.1) is 0 Å². The van der Waals surface area contributed by atoms with Crippen LogP contribution in [0.15, 0.2) is 24.3 Å². The van der Waals surface area contributed by atoms with Gasteiger partial charge in [0.2, 0.25) is 5.91 Å². The van der Waals surface area contributed by atoms with Gasteiger partial charge >= 0.3 is 0 Å². The molecule has 1 aliphatic carbocycles. The summed E-state index contributed by atoms with van der Waals surface area (Å²) in [6, 6.07) is 7.98. The van der Waals surface area contributed by atoms with Crippen LogP contribution in [0.1, 0.15) is 31.2 Å². The first-order chi connectivity index (χ1) is 10.7. The third-order valence-electron chi connectivity index (χ3n) is 4.67. The second-order valence-corrected chi connectivity index (χ2v) is 6.33. The van der Waals surface area contributed by atoms with Crippen molar-refractivity contribution in [2.24, 2.45) is 5.92 Å². The molecule has 1 saturated heterocycles. The fourth-order valence-corrected chi connectivity index (χ4v) is 3.35. The van der Waals surface area contributed by atoms with Gasteiger partial charge in [-0.25, -0.2) is 0 Å². The third kappa shape index (κ3) is 3.61. The molecule has 0 aromatic heterocycles. The zero-order valence-electron chi connectivity index (χ0n) is 13.3. The largest absolute Gasteiger partial charge is 0.491 e. The van der Waals surface area contributed by atoms with Crippen molar-refractivity contribution in [3.63, 3.8) is 0 Å². The van der Waals surface area contributed by atoms with E-state index in [1.165, 1.54) is 12.8 Å². The summed E-state index contributed by atoms with van der Waals surface area (Å²) in [4.78, 5) is 14.5. The van der Waals surface area contributed by atoms with Gasteiger partial charge in [-0.3, -0.25) is 4.79 Å². The molecule has 0 bridgehead atoms. The first kappa shape index (κ1) is 15.3. The minimum atomic E-state index is -0.0290. The summed E-state index contributed by atoms with van der Waals surface area (Å²) in [6.45, 7) is 4.52. The van der Waals surface area contributed by atoms with Crippen LogP contribution in [0.4, 0.5) is 0 Å². The molecule has 0 spiro atoms. The average molecular weight is 303 g/mol. The molecule has 2 fully saturated rings. The maximum Gasteiger partial charge on any atom is 0.225 e. The van der Waals surface area contributed by atoms with E-state index in [1.807, 2.05) is 36.1 Å². The summed E-state index contributed by atoms with van der Waals surface area (Å²) in [5.41, 5.74) is 1.12. The SMILES string of the molecule is Cc1ccccc1OC[C@H]1CN(C(=O)C2CCCC2)CCO1. The van der Waals surface area contributed by atoms with Crippen molar-refractivity contribution in [2.45, 2.75) is 38.7 Å². The summed E-state index contributed by atoms with van der Waals surface area (Å²) in [6.07, 6.45) is 4.47. The molecule has 0 radical (unpaired) electrons. The molecule has 1 atom stereocenters. The number of nitrogens with zero attached hydrogens (tertiary/aromatic N) is 1. The second-order valence-electron chi connectivity index (χ2n) is 6.33. The van der Waals surface area contributed by atoms with E-state index >= 15 is 0 Å². The number of carbonyl (C=O) groups is 1. The van der Waals surface area contributed by atoms with Crippen LogP contribution in [0.5, 0.6) is 5.75 Å². The lowest BCUT2D eigenvalue weighted by atomic mass is 10.1. The molecule has 2 aliphatic rings. The number of aryl methyl sites for hydroxylation is 1. The summed E-state index contributed by atoms with van der Waals surface area (Å²) < 4.78 is 11.6. The number of ether oxygens (including phenoxy) is 2. The number of hydrogen-bond donors (Lipinski definition) is 0. The molecule has 1 aliphatic heterocycles. The van der Waals surface area contributed by atoms with Crippen LogP contribution >= 0.6 is 0 Å². The zero-order chi connectivity index (χ0) is 15.4. The lowest BCUT2D eigenvalue weighted by Crippen LogP contribution is -2.49. The maximum atomic E-state index is 12.5. The van der Waals surface area contributed by atoms with Crippen LogP contribution in [-0.4, -0.2) is 43.2 Å². The van der Waals surface area contributed by atoms with E-state index in [0.29, 0.717) is 25.7 Å². The van der Waals surface area contributed by atoms with Gasteiger partial charge < -0.3 is 14.4 Å². The number of benzene rings is 1. The Bertz CT molecular complexity index is 511. The maximum absolute atomic E-state index is 12.5. The standard InChI is InChI=1S/C18H25NO3/c1-14-6-2-5-9-17(14)22-13-16-12-19(10-11-21-16)18(20)15-7-3-4-8-15/h2,5-6,9,15-16H,3-4,7-8,10-13H2,1H3/t16-/m1/s1. The van der Waals surface area contributed by atoms with Gasteiger partial charge in [0.05, 0.1) is 13.2 Å². The molecule has 120 valence electrons. The van der Waals surface area contributed by atoms with Gasteiger partial charge in [-0.2, -0.15) is 0 Å². The van der Waals surface area contributed by atoms with Crippen LogP contribution < -0.4 is 4.74 Å². The molecule has 1 aromatic carbocycles. The number of para-hydroxylation sites is 1. The van der Waals surface area contributed by atoms with Gasteiger partial charge in [0.15, 0.2) is 0 Å². The first-order valence-electron chi connectivity index (χ1n) is 8.33. The number of rotatable bonds is 4. The highest BCUT2D eigenvalue weighted by Crippen LogP contribution is 2.27. The summed E-state index contributed by atoms with van der Waals surface area (Å²) >= 11 is 0. The van der Waals surface area contributed by atoms with Gasteiger partial charge in [0.25, 0.3) is 0 Å². The van der Waals surface area contributed by atoms with E-state index in [0.717, 1.165) is 30.7 Å². The van der Waals surface area contributed by atoms with Gasteiger partial charge in [-0.05, 0) is 31.4 Å². The molecule has 0 N–H and O–H groups in total. The van der Waals surface area contributed by atoms with E-state index in [4.69, 9.17) is 9.47 Å². The van der Waals surface area contributed by atoms with E-state index < -0.39 is 0 Å². The second kappa shape index (κ2) is 7.14. The molecule has 1 amide bonds. The monoisotopic (exact) mass is 303 g/mol.